The number of aryl methyl sites for hydroxylation is 1. The fourth-order valence-corrected chi connectivity index (χ4v) is 2.83. The van der Waals surface area contributed by atoms with E-state index in [-0.39, 0.29) is 18.2 Å². The van der Waals surface area contributed by atoms with Crippen LogP contribution in [0.5, 0.6) is 5.75 Å². The number of nitro benzene ring substituents is 1. The zero-order valence-electron chi connectivity index (χ0n) is 12.6. The second-order valence-electron chi connectivity index (χ2n) is 6.26. The highest BCUT2D eigenvalue weighted by Crippen LogP contribution is 2.44. The number of carbonyl (C=O) groups is 1. The summed E-state index contributed by atoms with van der Waals surface area (Å²) < 4.78 is 5.45. The van der Waals surface area contributed by atoms with Crippen LogP contribution in [0.3, 0.4) is 0 Å². The zero-order chi connectivity index (χ0) is 15.7. The standard InChI is InChI=1S/C16H20N2O4/c1-10-8-13(6-7-14(10)18(20)21)22-9-15(19)17-16(11-2-3-11)12-4-5-12/h6-8,11-12,16H,2-5,9H2,1H3,(H,17,19). The normalized spacial score (nSPS) is 17.4. The van der Waals surface area contributed by atoms with Gasteiger partial charge in [0.15, 0.2) is 6.61 Å². The number of ether oxygens (including phenoxy) is 1. The van der Waals surface area contributed by atoms with E-state index in [1.165, 1.54) is 37.8 Å². The van der Waals surface area contributed by atoms with Crippen LogP contribution < -0.4 is 10.1 Å². The van der Waals surface area contributed by atoms with Crippen LogP contribution in [0.25, 0.3) is 0 Å². The van der Waals surface area contributed by atoms with E-state index >= 15 is 0 Å². The van der Waals surface area contributed by atoms with Crippen molar-refractivity contribution in [3.05, 3.63) is 33.9 Å². The molecular formula is C16H20N2O4. The molecule has 118 valence electrons. The summed E-state index contributed by atoms with van der Waals surface area (Å²) in [5, 5.41) is 13.8. The average molecular weight is 304 g/mol. The topological polar surface area (TPSA) is 81.5 Å². The second kappa shape index (κ2) is 5.94. The van der Waals surface area contributed by atoms with E-state index in [0.717, 1.165) is 0 Å². The third kappa shape index (κ3) is 3.55. The highest BCUT2D eigenvalue weighted by Gasteiger charge is 2.42. The van der Waals surface area contributed by atoms with Gasteiger partial charge in [-0.2, -0.15) is 0 Å². The number of nitrogens with zero attached hydrogens (tertiary/aromatic N) is 1. The fourth-order valence-electron chi connectivity index (χ4n) is 2.83. The van der Waals surface area contributed by atoms with Crippen molar-refractivity contribution in [3.63, 3.8) is 0 Å². The monoisotopic (exact) mass is 304 g/mol. The highest BCUT2D eigenvalue weighted by molar-refractivity contribution is 5.78. The lowest BCUT2D eigenvalue weighted by Crippen LogP contribution is -2.40. The number of nitrogens with one attached hydrogen (secondary N) is 1. The molecule has 0 atom stereocenters. The lowest BCUT2D eigenvalue weighted by Gasteiger charge is -2.17. The fraction of sp³-hybridized carbons (Fsp3) is 0.562. The lowest BCUT2D eigenvalue weighted by atomic mass is 10.1. The van der Waals surface area contributed by atoms with E-state index in [0.29, 0.717) is 29.2 Å². The van der Waals surface area contributed by atoms with E-state index in [1.54, 1.807) is 13.0 Å². The molecule has 0 aromatic heterocycles. The number of amides is 1. The molecule has 3 rings (SSSR count). The van der Waals surface area contributed by atoms with Crippen LogP contribution in [-0.4, -0.2) is 23.5 Å². The van der Waals surface area contributed by atoms with Crippen molar-refractivity contribution in [2.45, 2.75) is 38.6 Å². The Morgan fingerprint density at radius 2 is 2.00 bits per heavy atom. The van der Waals surface area contributed by atoms with E-state index in [4.69, 9.17) is 4.74 Å². The summed E-state index contributed by atoms with van der Waals surface area (Å²) in [5.74, 6) is 1.67. The molecule has 2 aliphatic carbocycles. The van der Waals surface area contributed by atoms with Gasteiger partial charge in [-0.15, -0.1) is 0 Å². The molecule has 2 fully saturated rings. The van der Waals surface area contributed by atoms with Crippen LogP contribution in [0.2, 0.25) is 0 Å². The first-order valence-electron chi connectivity index (χ1n) is 7.72. The van der Waals surface area contributed by atoms with E-state index < -0.39 is 4.92 Å². The Bertz CT molecular complexity index is 582. The number of hydrogen-bond acceptors (Lipinski definition) is 4. The third-order valence-electron chi connectivity index (χ3n) is 4.32. The van der Waals surface area contributed by atoms with Gasteiger partial charge < -0.3 is 10.1 Å². The first-order chi connectivity index (χ1) is 10.5. The van der Waals surface area contributed by atoms with Crippen LogP contribution in [0.4, 0.5) is 5.69 Å². The van der Waals surface area contributed by atoms with Gasteiger partial charge in [-0.25, -0.2) is 0 Å². The molecule has 22 heavy (non-hydrogen) atoms. The van der Waals surface area contributed by atoms with Gasteiger partial charge in [-0.05, 0) is 56.6 Å². The Hall–Kier alpha value is -2.11. The number of carbonyl (C=O) groups excluding carboxylic acids is 1. The summed E-state index contributed by atoms with van der Waals surface area (Å²) in [6.45, 7) is 1.61. The van der Waals surface area contributed by atoms with Crippen molar-refractivity contribution in [2.24, 2.45) is 11.8 Å². The quantitative estimate of drug-likeness (QED) is 0.620. The van der Waals surface area contributed by atoms with Gasteiger partial charge >= 0.3 is 0 Å². The maximum atomic E-state index is 12.0. The van der Waals surface area contributed by atoms with Gasteiger partial charge in [0.1, 0.15) is 5.75 Å². The molecule has 0 saturated heterocycles. The van der Waals surface area contributed by atoms with Gasteiger partial charge in [-0.1, -0.05) is 0 Å². The molecule has 0 spiro atoms. The molecule has 0 aliphatic heterocycles. The molecule has 1 amide bonds. The Morgan fingerprint density at radius 3 is 2.50 bits per heavy atom. The van der Waals surface area contributed by atoms with Crippen molar-refractivity contribution < 1.29 is 14.5 Å². The molecule has 0 bridgehead atoms. The van der Waals surface area contributed by atoms with E-state index in [1.807, 2.05) is 0 Å². The first kappa shape index (κ1) is 14.8. The molecule has 1 aromatic rings. The number of hydrogen-bond donors (Lipinski definition) is 1. The van der Waals surface area contributed by atoms with E-state index in [9.17, 15) is 14.9 Å². The Labute approximate surface area is 129 Å². The molecule has 0 unspecified atom stereocenters. The van der Waals surface area contributed by atoms with Crippen LogP contribution >= 0.6 is 0 Å². The first-order valence-corrected chi connectivity index (χ1v) is 7.72. The van der Waals surface area contributed by atoms with E-state index in [2.05, 4.69) is 5.32 Å². The van der Waals surface area contributed by atoms with Crippen molar-refractivity contribution in [1.29, 1.82) is 0 Å². The Balaban J connectivity index is 1.52. The third-order valence-corrected chi connectivity index (χ3v) is 4.32. The van der Waals surface area contributed by atoms with Gasteiger partial charge in [0.2, 0.25) is 0 Å². The van der Waals surface area contributed by atoms with Crippen LogP contribution in [-0.2, 0) is 4.79 Å². The minimum atomic E-state index is -0.429. The smallest absolute Gasteiger partial charge is 0.272 e. The molecule has 1 N–H and O–H groups in total. The van der Waals surface area contributed by atoms with Crippen molar-refractivity contribution in [3.8, 4) is 5.75 Å². The Morgan fingerprint density at radius 1 is 1.36 bits per heavy atom. The molecule has 0 heterocycles. The number of benzene rings is 1. The molecule has 2 saturated carbocycles. The molecular weight excluding hydrogens is 284 g/mol. The van der Waals surface area contributed by atoms with Crippen LogP contribution in [0, 0.1) is 28.9 Å². The summed E-state index contributed by atoms with van der Waals surface area (Å²) in [6.07, 6.45) is 4.85. The summed E-state index contributed by atoms with van der Waals surface area (Å²) in [4.78, 5) is 22.3. The largest absolute Gasteiger partial charge is 0.484 e. The highest BCUT2D eigenvalue weighted by atomic mass is 16.6. The summed E-state index contributed by atoms with van der Waals surface area (Å²) in [5.41, 5.74) is 0.580. The molecule has 0 radical (unpaired) electrons. The van der Waals surface area contributed by atoms with Gasteiger partial charge in [-0.3, -0.25) is 14.9 Å². The molecule has 6 heteroatoms. The van der Waals surface area contributed by atoms with Crippen molar-refractivity contribution in [1.82, 2.24) is 5.32 Å². The van der Waals surface area contributed by atoms with Gasteiger partial charge in [0.05, 0.1) is 4.92 Å². The summed E-state index contributed by atoms with van der Waals surface area (Å²) in [6, 6.07) is 4.83. The predicted octanol–water partition coefficient (Wildman–Crippen LogP) is 2.59. The van der Waals surface area contributed by atoms with Crippen LogP contribution in [0.15, 0.2) is 18.2 Å². The predicted molar refractivity (Wildman–Crippen MR) is 80.7 cm³/mol. The van der Waals surface area contributed by atoms with Crippen LogP contribution in [0.1, 0.15) is 31.2 Å². The van der Waals surface area contributed by atoms with Gasteiger partial charge in [0, 0.05) is 17.7 Å². The summed E-state index contributed by atoms with van der Waals surface area (Å²) >= 11 is 0. The summed E-state index contributed by atoms with van der Waals surface area (Å²) in [7, 11) is 0. The lowest BCUT2D eigenvalue weighted by molar-refractivity contribution is -0.385. The minimum Gasteiger partial charge on any atom is -0.484 e. The van der Waals surface area contributed by atoms with Gasteiger partial charge in [0.25, 0.3) is 11.6 Å². The van der Waals surface area contributed by atoms with Crippen molar-refractivity contribution in [2.75, 3.05) is 6.61 Å². The van der Waals surface area contributed by atoms with Crippen molar-refractivity contribution >= 4 is 11.6 Å². The molecule has 2 aliphatic rings. The SMILES string of the molecule is Cc1cc(OCC(=O)NC(C2CC2)C2CC2)ccc1[N+](=O)[O-]. The number of nitro groups is 1. The molecule has 6 nitrogen and oxygen atoms in total. The Kier molecular flexibility index (Phi) is 4.00. The number of rotatable bonds is 7. The molecule has 1 aromatic carbocycles. The average Bonchev–Trinajstić information content (AvgIpc) is 3.36. The maximum absolute atomic E-state index is 12.0. The maximum Gasteiger partial charge on any atom is 0.272 e. The zero-order valence-corrected chi connectivity index (χ0v) is 12.6. The second-order valence-corrected chi connectivity index (χ2v) is 6.26. The minimum absolute atomic E-state index is 0.0484.